The van der Waals surface area contributed by atoms with Gasteiger partial charge in [0.1, 0.15) is 0 Å². The van der Waals surface area contributed by atoms with Crippen LogP contribution < -0.4 is 0 Å². The van der Waals surface area contributed by atoms with E-state index in [1.54, 1.807) is 17.5 Å². The number of hydrogen-bond donors (Lipinski definition) is 0. The van der Waals surface area contributed by atoms with Crippen molar-refractivity contribution in [3.05, 3.63) is 34.3 Å². The molecule has 2 aromatic heterocycles. The van der Waals surface area contributed by atoms with Crippen molar-refractivity contribution in [2.24, 2.45) is 0 Å². The van der Waals surface area contributed by atoms with Crippen LogP contribution in [-0.4, -0.2) is 38.9 Å². The first-order valence-electron chi connectivity index (χ1n) is 7.40. The smallest absolute Gasteiger partial charge is 0.222 e. The lowest BCUT2D eigenvalue weighted by atomic mass is 10.0. The molecule has 112 valence electrons. The maximum atomic E-state index is 12.3. The van der Waals surface area contributed by atoms with Crippen LogP contribution in [0.1, 0.15) is 35.7 Å². The van der Waals surface area contributed by atoms with Crippen molar-refractivity contribution >= 4 is 17.2 Å². The normalized spacial score (nSPS) is 16.3. The molecule has 0 spiro atoms. The van der Waals surface area contributed by atoms with Crippen molar-refractivity contribution in [1.82, 2.24) is 19.9 Å². The zero-order valence-corrected chi connectivity index (χ0v) is 13.1. The zero-order chi connectivity index (χ0) is 14.7. The van der Waals surface area contributed by atoms with Gasteiger partial charge >= 0.3 is 0 Å². The predicted molar refractivity (Wildman–Crippen MR) is 82.3 cm³/mol. The topological polar surface area (TPSA) is 51.0 Å². The van der Waals surface area contributed by atoms with Gasteiger partial charge in [-0.25, -0.2) is 4.68 Å². The standard InChI is InChI=1S/C15H20N4OS/c1-12-6-11-21-14(12)2-3-15(20)18-8-4-13(5-9-18)19-10-7-16-17-19/h6-7,10-11,13H,2-5,8-9H2,1H3. The van der Waals surface area contributed by atoms with E-state index in [0.717, 1.165) is 32.4 Å². The van der Waals surface area contributed by atoms with Gasteiger partial charge in [0.25, 0.3) is 0 Å². The Morgan fingerprint density at radius 2 is 2.24 bits per heavy atom. The highest BCUT2D eigenvalue weighted by molar-refractivity contribution is 7.10. The number of carbonyl (C=O) groups excluding carboxylic acids is 1. The number of likely N-dealkylation sites (tertiary alicyclic amines) is 1. The second kappa shape index (κ2) is 6.39. The fourth-order valence-corrected chi connectivity index (χ4v) is 3.74. The molecular weight excluding hydrogens is 284 g/mol. The lowest BCUT2D eigenvalue weighted by Gasteiger charge is -2.31. The first-order chi connectivity index (χ1) is 10.2. The van der Waals surface area contributed by atoms with Crippen LogP contribution in [0.5, 0.6) is 0 Å². The second-order valence-corrected chi connectivity index (χ2v) is 6.52. The average molecular weight is 304 g/mol. The van der Waals surface area contributed by atoms with Crippen molar-refractivity contribution in [2.45, 2.75) is 38.6 Å². The number of hydrogen-bond acceptors (Lipinski definition) is 4. The molecule has 1 aliphatic heterocycles. The summed E-state index contributed by atoms with van der Waals surface area (Å²) in [6.07, 6.45) is 7.03. The number of nitrogens with zero attached hydrogens (tertiary/aromatic N) is 4. The first-order valence-corrected chi connectivity index (χ1v) is 8.28. The summed E-state index contributed by atoms with van der Waals surface area (Å²) < 4.78 is 1.91. The van der Waals surface area contributed by atoms with Gasteiger partial charge in [0.2, 0.25) is 5.91 Å². The Morgan fingerprint density at radius 1 is 1.43 bits per heavy atom. The number of thiophene rings is 1. The second-order valence-electron chi connectivity index (χ2n) is 5.52. The van der Waals surface area contributed by atoms with Gasteiger partial charge < -0.3 is 4.90 Å². The molecule has 0 bridgehead atoms. The Morgan fingerprint density at radius 3 is 2.86 bits per heavy atom. The molecule has 6 heteroatoms. The van der Waals surface area contributed by atoms with Crippen molar-refractivity contribution in [1.29, 1.82) is 0 Å². The minimum Gasteiger partial charge on any atom is -0.343 e. The Balaban J connectivity index is 1.48. The van der Waals surface area contributed by atoms with Crippen LogP contribution in [0, 0.1) is 6.92 Å². The van der Waals surface area contributed by atoms with E-state index in [1.807, 2.05) is 15.8 Å². The van der Waals surface area contributed by atoms with Crippen LogP contribution in [-0.2, 0) is 11.2 Å². The molecule has 0 radical (unpaired) electrons. The summed E-state index contributed by atoms with van der Waals surface area (Å²) in [5.41, 5.74) is 1.30. The van der Waals surface area contributed by atoms with Gasteiger partial charge in [-0.15, -0.1) is 16.4 Å². The van der Waals surface area contributed by atoms with E-state index in [1.165, 1.54) is 10.4 Å². The Labute approximate surface area is 128 Å². The van der Waals surface area contributed by atoms with Crippen LogP contribution in [0.3, 0.4) is 0 Å². The van der Waals surface area contributed by atoms with Crippen LogP contribution in [0.4, 0.5) is 0 Å². The molecular formula is C15H20N4OS. The summed E-state index contributed by atoms with van der Waals surface area (Å²) in [7, 11) is 0. The van der Waals surface area contributed by atoms with Gasteiger partial charge in [0.05, 0.1) is 12.2 Å². The monoisotopic (exact) mass is 304 g/mol. The molecule has 2 aromatic rings. The Kier molecular flexibility index (Phi) is 4.34. The van der Waals surface area contributed by atoms with E-state index >= 15 is 0 Å². The molecule has 1 fully saturated rings. The molecule has 0 atom stereocenters. The molecule has 1 aliphatic rings. The lowest BCUT2D eigenvalue weighted by Crippen LogP contribution is -2.39. The highest BCUT2D eigenvalue weighted by Crippen LogP contribution is 2.23. The van der Waals surface area contributed by atoms with Gasteiger partial charge in [-0.2, -0.15) is 0 Å². The Hall–Kier alpha value is -1.69. The number of rotatable bonds is 4. The third kappa shape index (κ3) is 3.32. The van der Waals surface area contributed by atoms with E-state index in [9.17, 15) is 4.79 Å². The van der Waals surface area contributed by atoms with Gasteiger partial charge in [-0.05, 0) is 43.2 Å². The van der Waals surface area contributed by atoms with E-state index in [0.29, 0.717) is 12.5 Å². The SMILES string of the molecule is Cc1ccsc1CCC(=O)N1CCC(n2ccnn2)CC1. The van der Waals surface area contributed by atoms with Crippen LogP contribution in [0.2, 0.25) is 0 Å². The molecule has 0 aliphatic carbocycles. The minimum atomic E-state index is 0.278. The van der Waals surface area contributed by atoms with Crippen molar-refractivity contribution in [3.8, 4) is 0 Å². The maximum absolute atomic E-state index is 12.3. The molecule has 0 N–H and O–H groups in total. The van der Waals surface area contributed by atoms with E-state index < -0.39 is 0 Å². The van der Waals surface area contributed by atoms with Gasteiger partial charge in [0, 0.05) is 30.6 Å². The van der Waals surface area contributed by atoms with Gasteiger partial charge in [-0.1, -0.05) is 5.21 Å². The van der Waals surface area contributed by atoms with Crippen molar-refractivity contribution < 1.29 is 4.79 Å². The minimum absolute atomic E-state index is 0.278. The summed E-state index contributed by atoms with van der Waals surface area (Å²) in [4.78, 5) is 15.6. The van der Waals surface area contributed by atoms with E-state index in [2.05, 4.69) is 28.7 Å². The highest BCUT2D eigenvalue weighted by atomic mass is 32.1. The number of piperidine rings is 1. The van der Waals surface area contributed by atoms with Crippen LogP contribution in [0.25, 0.3) is 0 Å². The summed E-state index contributed by atoms with van der Waals surface area (Å²) in [5, 5.41) is 10.0. The molecule has 1 saturated heterocycles. The molecule has 5 nitrogen and oxygen atoms in total. The van der Waals surface area contributed by atoms with Crippen LogP contribution in [0.15, 0.2) is 23.8 Å². The molecule has 0 unspecified atom stereocenters. The maximum Gasteiger partial charge on any atom is 0.222 e. The zero-order valence-electron chi connectivity index (χ0n) is 12.2. The average Bonchev–Trinajstić information content (AvgIpc) is 3.17. The number of amides is 1. The third-order valence-corrected chi connectivity index (χ3v) is 5.25. The highest BCUT2D eigenvalue weighted by Gasteiger charge is 2.24. The summed E-state index contributed by atoms with van der Waals surface area (Å²) in [6.45, 7) is 3.76. The molecule has 0 aromatic carbocycles. The van der Waals surface area contributed by atoms with Crippen molar-refractivity contribution in [3.63, 3.8) is 0 Å². The van der Waals surface area contributed by atoms with E-state index in [4.69, 9.17) is 0 Å². The molecule has 3 heterocycles. The first kappa shape index (κ1) is 14.3. The Bertz CT molecular complexity index is 585. The van der Waals surface area contributed by atoms with Gasteiger partial charge in [0.15, 0.2) is 0 Å². The fraction of sp³-hybridized carbons (Fsp3) is 0.533. The summed E-state index contributed by atoms with van der Waals surface area (Å²) in [6, 6.07) is 2.50. The fourth-order valence-electron chi connectivity index (χ4n) is 2.83. The number of aryl methyl sites for hydroxylation is 2. The lowest BCUT2D eigenvalue weighted by molar-refractivity contribution is -0.132. The third-order valence-electron chi connectivity index (χ3n) is 4.17. The predicted octanol–water partition coefficient (Wildman–Crippen LogP) is 2.44. The quantitative estimate of drug-likeness (QED) is 0.872. The van der Waals surface area contributed by atoms with Crippen LogP contribution >= 0.6 is 11.3 Å². The van der Waals surface area contributed by atoms with Gasteiger partial charge in [-0.3, -0.25) is 4.79 Å². The molecule has 21 heavy (non-hydrogen) atoms. The number of aromatic nitrogens is 3. The molecule has 0 saturated carbocycles. The largest absolute Gasteiger partial charge is 0.343 e. The van der Waals surface area contributed by atoms with Crippen molar-refractivity contribution in [2.75, 3.05) is 13.1 Å². The molecule has 3 rings (SSSR count). The number of carbonyl (C=O) groups is 1. The summed E-state index contributed by atoms with van der Waals surface area (Å²) in [5.74, 6) is 0.278. The summed E-state index contributed by atoms with van der Waals surface area (Å²) >= 11 is 1.75. The van der Waals surface area contributed by atoms with E-state index in [-0.39, 0.29) is 5.91 Å². The molecule has 1 amide bonds.